The third-order valence-electron chi connectivity index (χ3n) is 5.83. The second kappa shape index (κ2) is 8.38. The molecule has 1 saturated heterocycles. The Morgan fingerprint density at radius 2 is 1.40 bits per heavy atom. The van der Waals surface area contributed by atoms with Gasteiger partial charge in [-0.25, -0.2) is 0 Å². The van der Waals surface area contributed by atoms with E-state index in [0.717, 1.165) is 44.8 Å². The van der Waals surface area contributed by atoms with Crippen molar-refractivity contribution in [3.63, 3.8) is 0 Å². The summed E-state index contributed by atoms with van der Waals surface area (Å²) in [6, 6.07) is 23.9. The van der Waals surface area contributed by atoms with Crippen LogP contribution in [0.15, 0.2) is 71.3 Å². The largest absolute Gasteiger partial charge is 0.339 e. The normalized spacial score (nSPS) is 15.6. The molecule has 0 atom stereocenters. The molecule has 4 aromatic rings. The Hall–Kier alpha value is -3.02. The van der Waals surface area contributed by atoms with Crippen LogP contribution < -0.4 is 0 Å². The maximum absolute atomic E-state index is 5.07. The summed E-state index contributed by atoms with van der Waals surface area (Å²) in [5.41, 5.74) is 3.71. The molecule has 0 saturated carbocycles. The molecule has 0 aliphatic carbocycles. The predicted molar refractivity (Wildman–Crippen MR) is 119 cm³/mol. The van der Waals surface area contributed by atoms with Gasteiger partial charge in [0.2, 0.25) is 11.7 Å². The van der Waals surface area contributed by atoms with Crippen molar-refractivity contribution in [3.05, 3.63) is 83.7 Å². The van der Waals surface area contributed by atoms with Crippen LogP contribution in [0.25, 0.3) is 22.2 Å². The van der Waals surface area contributed by atoms with Gasteiger partial charge in [-0.1, -0.05) is 65.8 Å². The summed E-state index contributed by atoms with van der Waals surface area (Å²) in [6.07, 6.45) is 0. The molecule has 152 valence electrons. The molecule has 0 radical (unpaired) electrons. The number of fused-ring (bicyclic) bond motifs is 1. The first-order valence-electron chi connectivity index (χ1n) is 10.5. The Balaban J connectivity index is 1.15. The number of nitrogens with zero attached hydrogens (tertiary/aromatic N) is 4. The lowest BCUT2D eigenvalue weighted by Gasteiger charge is -2.34. The first-order chi connectivity index (χ1) is 14.7. The first-order valence-corrected chi connectivity index (χ1v) is 10.5. The van der Waals surface area contributed by atoms with Crippen molar-refractivity contribution in [2.24, 2.45) is 0 Å². The molecule has 1 fully saturated rings. The zero-order chi connectivity index (χ0) is 20.3. The third-order valence-corrected chi connectivity index (χ3v) is 5.83. The molecule has 5 heteroatoms. The quantitative estimate of drug-likeness (QED) is 0.495. The lowest BCUT2D eigenvalue weighted by molar-refractivity contribution is 0.122. The lowest BCUT2D eigenvalue weighted by Crippen LogP contribution is -2.45. The summed E-state index contributed by atoms with van der Waals surface area (Å²) < 4.78 is 5.07. The number of piperazine rings is 1. The van der Waals surface area contributed by atoms with E-state index in [1.807, 2.05) is 6.92 Å². The minimum absolute atomic E-state index is 0.593. The third kappa shape index (κ3) is 4.27. The van der Waals surface area contributed by atoms with Crippen LogP contribution in [-0.2, 0) is 13.1 Å². The summed E-state index contributed by atoms with van der Waals surface area (Å²) in [6.45, 7) is 8.22. The van der Waals surface area contributed by atoms with Gasteiger partial charge in [0, 0.05) is 51.8 Å². The maximum Gasteiger partial charge on any atom is 0.223 e. The second-order valence-corrected chi connectivity index (χ2v) is 8.07. The van der Waals surface area contributed by atoms with Crippen molar-refractivity contribution in [2.45, 2.75) is 20.0 Å². The van der Waals surface area contributed by atoms with Crippen LogP contribution in [0.3, 0.4) is 0 Å². The lowest BCUT2D eigenvalue weighted by atomic mass is 10.1. The number of hydrogen-bond donors (Lipinski definition) is 0. The first kappa shape index (κ1) is 19.0. The molecule has 0 spiro atoms. The van der Waals surface area contributed by atoms with Gasteiger partial charge in [0.05, 0.1) is 0 Å². The molecule has 5 rings (SSSR count). The number of rotatable bonds is 5. The Morgan fingerprint density at radius 1 is 0.767 bits per heavy atom. The van der Waals surface area contributed by atoms with Crippen molar-refractivity contribution >= 4 is 10.8 Å². The fourth-order valence-corrected chi connectivity index (χ4v) is 4.13. The highest BCUT2D eigenvalue weighted by molar-refractivity contribution is 5.82. The monoisotopic (exact) mass is 398 g/mol. The van der Waals surface area contributed by atoms with Crippen LogP contribution in [0.5, 0.6) is 0 Å². The van der Waals surface area contributed by atoms with E-state index >= 15 is 0 Å². The molecule has 5 nitrogen and oxygen atoms in total. The molecular weight excluding hydrogens is 372 g/mol. The second-order valence-electron chi connectivity index (χ2n) is 8.07. The molecule has 0 unspecified atom stereocenters. The molecule has 3 aromatic carbocycles. The number of benzene rings is 3. The van der Waals surface area contributed by atoms with Crippen LogP contribution in [0.2, 0.25) is 0 Å². The van der Waals surface area contributed by atoms with E-state index in [0.29, 0.717) is 11.7 Å². The molecule has 30 heavy (non-hydrogen) atoms. The molecule has 2 heterocycles. The fraction of sp³-hybridized carbons (Fsp3) is 0.280. The standard InChI is InChI=1S/C25H26N4O/c1-19-26-25(27-30-19)23-10-6-20(7-11-23)17-28-12-14-29(15-13-28)18-21-8-9-22-4-2-3-5-24(22)16-21/h2-11,16H,12-15,17-18H2,1H3. The molecule has 0 bridgehead atoms. The van der Waals surface area contributed by atoms with E-state index in [1.54, 1.807) is 0 Å². The predicted octanol–water partition coefficient (Wildman–Crippen LogP) is 4.52. The Labute approximate surface area is 176 Å². The summed E-state index contributed by atoms with van der Waals surface area (Å²) in [5, 5.41) is 6.63. The van der Waals surface area contributed by atoms with Gasteiger partial charge in [-0.3, -0.25) is 9.80 Å². The van der Waals surface area contributed by atoms with Gasteiger partial charge < -0.3 is 4.52 Å². The van der Waals surface area contributed by atoms with Gasteiger partial charge in [-0.2, -0.15) is 4.98 Å². The number of hydrogen-bond acceptors (Lipinski definition) is 5. The molecule has 1 aliphatic heterocycles. The minimum Gasteiger partial charge on any atom is -0.339 e. The van der Waals surface area contributed by atoms with Gasteiger partial charge in [0.25, 0.3) is 0 Å². The topological polar surface area (TPSA) is 45.4 Å². The summed E-state index contributed by atoms with van der Waals surface area (Å²) >= 11 is 0. The van der Waals surface area contributed by atoms with E-state index in [-0.39, 0.29) is 0 Å². The average molecular weight is 399 g/mol. The zero-order valence-electron chi connectivity index (χ0n) is 17.3. The van der Waals surface area contributed by atoms with Crippen LogP contribution >= 0.6 is 0 Å². The van der Waals surface area contributed by atoms with Crippen LogP contribution in [0, 0.1) is 6.92 Å². The van der Waals surface area contributed by atoms with Crippen molar-refractivity contribution in [1.82, 2.24) is 19.9 Å². The van der Waals surface area contributed by atoms with Gasteiger partial charge in [-0.05, 0) is 28.0 Å². The van der Waals surface area contributed by atoms with Crippen LogP contribution in [0.4, 0.5) is 0 Å². The SMILES string of the molecule is Cc1nc(-c2ccc(CN3CCN(Cc4ccc5ccccc5c4)CC3)cc2)no1. The van der Waals surface area contributed by atoms with Crippen LogP contribution in [-0.4, -0.2) is 46.1 Å². The van der Waals surface area contributed by atoms with E-state index in [9.17, 15) is 0 Å². The van der Waals surface area contributed by atoms with E-state index in [4.69, 9.17) is 4.52 Å². The van der Waals surface area contributed by atoms with Gasteiger partial charge >= 0.3 is 0 Å². The Kier molecular flexibility index (Phi) is 5.30. The molecule has 0 N–H and O–H groups in total. The minimum atomic E-state index is 0.593. The zero-order valence-corrected chi connectivity index (χ0v) is 17.3. The number of aryl methyl sites for hydroxylation is 1. The number of aromatic nitrogens is 2. The van der Waals surface area contributed by atoms with Crippen molar-refractivity contribution in [1.29, 1.82) is 0 Å². The summed E-state index contributed by atoms with van der Waals surface area (Å²) in [5.74, 6) is 1.25. The summed E-state index contributed by atoms with van der Waals surface area (Å²) in [7, 11) is 0. The van der Waals surface area contributed by atoms with Gasteiger partial charge in [0.1, 0.15) is 0 Å². The maximum atomic E-state index is 5.07. The average Bonchev–Trinajstić information content (AvgIpc) is 3.22. The molecule has 0 amide bonds. The van der Waals surface area contributed by atoms with E-state index in [1.165, 1.54) is 21.9 Å². The van der Waals surface area contributed by atoms with Crippen molar-refractivity contribution in [3.8, 4) is 11.4 Å². The highest BCUT2D eigenvalue weighted by atomic mass is 16.5. The van der Waals surface area contributed by atoms with Gasteiger partial charge in [-0.15, -0.1) is 0 Å². The van der Waals surface area contributed by atoms with E-state index < -0.39 is 0 Å². The summed E-state index contributed by atoms with van der Waals surface area (Å²) in [4.78, 5) is 9.38. The Bertz CT molecular complexity index is 1130. The fourth-order valence-electron chi connectivity index (χ4n) is 4.13. The highest BCUT2D eigenvalue weighted by Gasteiger charge is 2.17. The molecular formula is C25H26N4O. The van der Waals surface area contributed by atoms with Crippen molar-refractivity contribution in [2.75, 3.05) is 26.2 Å². The Morgan fingerprint density at radius 3 is 2.07 bits per heavy atom. The molecule has 1 aliphatic rings. The highest BCUT2D eigenvalue weighted by Crippen LogP contribution is 2.19. The van der Waals surface area contributed by atoms with Gasteiger partial charge in [0.15, 0.2) is 0 Å². The smallest absolute Gasteiger partial charge is 0.223 e. The van der Waals surface area contributed by atoms with Crippen LogP contribution in [0.1, 0.15) is 17.0 Å². The molecule has 1 aromatic heterocycles. The van der Waals surface area contributed by atoms with E-state index in [2.05, 4.69) is 86.7 Å². The van der Waals surface area contributed by atoms with Crippen molar-refractivity contribution < 1.29 is 4.52 Å².